The van der Waals surface area contributed by atoms with Gasteiger partial charge in [-0.05, 0) is 38.1 Å². The molecular weight excluding hydrogens is 286 g/mol. The lowest BCUT2D eigenvalue weighted by Crippen LogP contribution is -2.47. The second-order valence-corrected chi connectivity index (χ2v) is 6.05. The number of hydrogen-bond acceptors (Lipinski definition) is 3. The van der Waals surface area contributed by atoms with Crippen molar-refractivity contribution in [3.63, 3.8) is 0 Å². The van der Waals surface area contributed by atoms with E-state index in [9.17, 15) is 4.79 Å². The fourth-order valence-electron chi connectivity index (χ4n) is 2.96. The van der Waals surface area contributed by atoms with E-state index in [0.717, 1.165) is 25.7 Å². The molecule has 0 unspecified atom stereocenters. The highest BCUT2D eigenvalue weighted by Crippen LogP contribution is 2.31. The number of anilines is 1. The monoisotopic (exact) mass is 305 g/mol. The number of hydrogen-bond donors (Lipinski definition) is 2. The first-order chi connectivity index (χ1) is 10.1. The first-order valence-corrected chi connectivity index (χ1v) is 7.65. The molecule has 1 aromatic carbocycles. The average Bonchev–Trinajstić information content (AvgIpc) is 2.48. The molecule has 1 aliphatic rings. The zero-order valence-corrected chi connectivity index (χ0v) is 13.0. The summed E-state index contributed by atoms with van der Waals surface area (Å²) < 4.78 is 0. The van der Waals surface area contributed by atoms with Crippen LogP contribution < -0.4 is 10.6 Å². The Balaban J connectivity index is 2.08. The number of rotatable bonds is 4. The molecule has 1 aromatic rings. The maximum absolute atomic E-state index is 12.3. The number of nitrogens with one attached hydrogen (secondary N) is 2. The molecule has 2 rings (SSSR count). The van der Waals surface area contributed by atoms with Gasteiger partial charge in [0.25, 0.3) is 0 Å². The van der Waals surface area contributed by atoms with E-state index in [-0.39, 0.29) is 11.4 Å². The first-order valence-electron chi connectivity index (χ1n) is 7.27. The van der Waals surface area contributed by atoms with E-state index < -0.39 is 0 Å². The fourth-order valence-corrected chi connectivity index (χ4v) is 3.13. The number of carbonyl (C=O) groups excluding carboxylic acids is 1. The molecule has 0 atom stereocenters. The van der Waals surface area contributed by atoms with Crippen LogP contribution in [0.15, 0.2) is 18.2 Å². The number of carbonyl (C=O) groups is 1. The molecule has 21 heavy (non-hydrogen) atoms. The highest BCUT2D eigenvalue weighted by atomic mass is 35.5. The lowest BCUT2D eigenvalue weighted by atomic mass is 9.79. The van der Waals surface area contributed by atoms with Crippen molar-refractivity contribution >= 4 is 23.2 Å². The topological polar surface area (TPSA) is 64.9 Å². The van der Waals surface area contributed by atoms with Gasteiger partial charge >= 0.3 is 0 Å². The van der Waals surface area contributed by atoms with Crippen LogP contribution in [0.3, 0.4) is 0 Å². The molecule has 0 heterocycles. The average molecular weight is 306 g/mol. The molecule has 0 radical (unpaired) electrons. The van der Waals surface area contributed by atoms with Crippen molar-refractivity contribution in [1.29, 1.82) is 5.26 Å². The van der Waals surface area contributed by atoms with E-state index in [4.69, 9.17) is 16.9 Å². The van der Waals surface area contributed by atoms with E-state index in [1.165, 1.54) is 6.42 Å². The summed E-state index contributed by atoms with van der Waals surface area (Å²) in [5.41, 5.74) is 0.792. The third-order valence-electron chi connectivity index (χ3n) is 4.22. The van der Waals surface area contributed by atoms with Crippen LogP contribution in [0.2, 0.25) is 5.02 Å². The molecule has 0 aromatic heterocycles. The molecular formula is C16H20ClN3O. The summed E-state index contributed by atoms with van der Waals surface area (Å²) in [6.45, 7) is 0. The van der Waals surface area contributed by atoms with E-state index >= 15 is 0 Å². The van der Waals surface area contributed by atoms with Crippen LogP contribution in [-0.2, 0) is 4.79 Å². The van der Waals surface area contributed by atoms with Gasteiger partial charge in [-0.1, -0.05) is 30.9 Å². The van der Waals surface area contributed by atoms with Crippen LogP contribution in [0.5, 0.6) is 0 Å². The van der Waals surface area contributed by atoms with Gasteiger partial charge in [-0.15, -0.1) is 0 Å². The molecule has 4 nitrogen and oxygen atoms in total. The number of amides is 1. The summed E-state index contributed by atoms with van der Waals surface area (Å²) >= 11 is 5.93. The third-order valence-corrected chi connectivity index (χ3v) is 4.45. The Morgan fingerprint density at radius 2 is 2.10 bits per heavy atom. The molecule has 2 N–H and O–H groups in total. The van der Waals surface area contributed by atoms with Gasteiger partial charge in [-0.2, -0.15) is 5.26 Å². The molecule has 112 valence electrons. The number of benzene rings is 1. The van der Waals surface area contributed by atoms with Crippen molar-refractivity contribution in [2.24, 2.45) is 0 Å². The number of nitriles is 1. The van der Waals surface area contributed by atoms with E-state index in [1.807, 2.05) is 7.05 Å². The van der Waals surface area contributed by atoms with Gasteiger partial charge in [0.15, 0.2) is 0 Å². The second-order valence-electron chi connectivity index (χ2n) is 5.62. The Kier molecular flexibility index (Phi) is 5.22. The predicted octanol–water partition coefficient (Wildman–Crippen LogP) is 3.46. The van der Waals surface area contributed by atoms with Crippen molar-refractivity contribution in [3.8, 4) is 6.07 Å². The van der Waals surface area contributed by atoms with Crippen LogP contribution in [0, 0.1) is 11.3 Å². The van der Waals surface area contributed by atoms with E-state index in [0.29, 0.717) is 22.7 Å². The van der Waals surface area contributed by atoms with Crippen LogP contribution >= 0.6 is 11.6 Å². The molecule has 5 heteroatoms. The largest absolute Gasteiger partial charge is 0.325 e. The van der Waals surface area contributed by atoms with Gasteiger partial charge in [-0.3, -0.25) is 4.79 Å². The maximum Gasteiger partial charge on any atom is 0.226 e. The number of halogens is 1. The Hall–Kier alpha value is -1.57. The minimum atomic E-state index is -0.117. The fraction of sp³-hybridized carbons (Fsp3) is 0.500. The molecule has 1 fully saturated rings. The number of nitrogens with zero attached hydrogens (tertiary/aromatic N) is 1. The van der Waals surface area contributed by atoms with Gasteiger partial charge in [0.2, 0.25) is 5.91 Å². The van der Waals surface area contributed by atoms with Gasteiger partial charge in [0.05, 0.1) is 11.3 Å². The first kappa shape index (κ1) is 15.8. The van der Waals surface area contributed by atoms with Crippen LogP contribution in [0.4, 0.5) is 5.69 Å². The zero-order chi connectivity index (χ0) is 15.3. The molecule has 1 aliphatic carbocycles. The summed E-state index contributed by atoms with van der Waals surface area (Å²) in [7, 11) is 1.92. The Labute approximate surface area is 130 Å². The minimum absolute atomic E-state index is 0.0787. The lowest BCUT2D eigenvalue weighted by molar-refractivity contribution is -0.117. The summed E-state index contributed by atoms with van der Waals surface area (Å²) in [5.74, 6) is -0.0787. The summed E-state index contributed by atoms with van der Waals surface area (Å²) in [5, 5.41) is 15.7. The lowest BCUT2D eigenvalue weighted by Gasteiger charge is -2.36. The highest BCUT2D eigenvalue weighted by Gasteiger charge is 2.32. The molecule has 0 spiro atoms. The Bertz CT molecular complexity index is 559. The van der Waals surface area contributed by atoms with Crippen molar-refractivity contribution in [3.05, 3.63) is 28.8 Å². The van der Waals surface area contributed by atoms with E-state index in [2.05, 4.69) is 16.7 Å². The SMILES string of the molecule is CNC1(CC(=O)Nc2cc(Cl)ccc2C#N)CCCCC1. The second kappa shape index (κ2) is 6.93. The van der Waals surface area contributed by atoms with Crippen molar-refractivity contribution < 1.29 is 4.79 Å². The third kappa shape index (κ3) is 3.96. The normalized spacial score (nSPS) is 17.0. The van der Waals surface area contributed by atoms with E-state index in [1.54, 1.807) is 18.2 Å². The van der Waals surface area contributed by atoms with Gasteiger partial charge in [-0.25, -0.2) is 0 Å². The molecule has 1 saturated carbocycles. The maximum atomic E-state index is 12.3. The van der Waals surface area contributed by atoms with Crippen LogP contribution in [-0.4, -0.2) is 18.5 Å². The van der Waals surface area contributed by atoms with Crippen LogP contribution in [0.1, 0.15) is 44.1 Å². The summed E-state index contributed by atoms with van der Waals surface area (Å²) in [4.78, 5) is 12.3. The minimum Gasteiger partial charge on any atom is -0.325 e. The summed E-state index contributed by atoms with van der Waals surface area (Å²) in [6.07, 6.45) is 5.97. The Morgan fingerprint density at radius 3 is 2.71 bits per heavy atom. The Morgan fingerprint density at radius 1 is 1.38 bits per heavy atom. The molecule has 0 aliphatic heterocycles. The molecule has 0 bridgehead atoms. The smallest absolute Gasteiger partial charge is 0.226 e. The standard InChI is InChI=1S/C16H20ClN3O/c1-19-16(7-3-2-4-8-16)10-15(21)20-14-9-13(17)6-5-12(14)11-18/h5-6,9,19H,2-4,7-8,10H2,1H3,(H,20,21). The summed E-state index contributed by atoms with van der Waals surface area (Å²) in [6, 6.07) is 6.94. The van der Waals surface area contributed by atoms with Crippen LogP contribution in [0.25, 0.3) is 0 Å². The predicted molar refractivity (Wildman–Crippen MR) is 84.3 cm³/mol. The zero-order valence-electron chi connectivity index (χ0n) is 12.2. The molecule has 0 saturated heterocycles. The van der Waals surface area contributed by atoms with Crippen molar-refractivity contribution in [2.75, 3.05) is 12.4 Å². The van der Waals surface area contributed by atoms with Gasteiger partial charge < -0.3 is 10.6 Å². The van der Waals surface area contributed by atoms with Crippen molar-refractivity contribution in [1.82, 2.24) is 5.32 Å². The van der Waals surface area contributed by atoms with Gasteiger partial charge in [0.1, 0.15) is 6.07 Å². The van der Waals surface area contributed by atoms with Crippen molar-refractivity contribution in [2.45, 2.75) is 44.1 Å². The van der Waals surface area contributed by atoms with Gasteiger partial charge in [0, 0.05) is 17.0 Å². The quantitative estimate of drug-likeness (QED) is 0.895. The highest BCUT2D eigenvalue weighted by molar-refractivity contribution is 6.31. The molecule has 1 amide bonds.